The molecule has 0 saturated carbocycles. The van der Waals surface area contributed by atoms with E-state index in [4.69, 9.17) is 5.14 Å². The van der Waals surface area contributed by atoms with Gasteiger partial charge < -0.3 is 5.32 Å². The third kappa shape index (κ3) is 2.99. The van der Waals surface area contributed by atoms with Crippen molar-refractivity contribution in [2.24, 2.45) is 12.2 Å². The van der Waals surface area contributed by atoms with E-state index in [-0.39, 0.29) is 16.0 Å². The Morgan fingerprint density at radius 1 is 1.17 bits per heavy atom. The first-order valence-electron chi connectivity index (χ1n) is 9.15. The number of benzene rings is 2. The maximum absolute atomic E-state index is 13.1. The third-order valence-corrected chi connectivity index (χ3v) is 7.87. The molecule has 1 fully saturated rings. The Hall–Kier alpha value is -2.80. The quantitative estimate of drug-likeness (QED) is 0.408. The fraction of sp³-hybridized carbons (Fsp3) is 0.222. The molecule has 12 heteroatoms. The van der Waals surface area contributed by atoms with Crippen molar-refractivity contribution >= 4 is 32.7 Å². The Kier molecular flexibility index (Phi) is 4.77. The van der Waals surface area contributed by atoms with Crippen LogP contribution in [-0.4, -0.2) is 57.2 Å². The number of fused-ring (bicyclic) bond motifs is 1. The number of aromatic nitrogens is 6. The predicted molar refractivity (Wildman–Crippen MR) is 113 cm³/mol. The number of nitrogens with one attached hydrogen (secondary N) is 2. The summed E-state index contributed by atoms with van der Waals surface area (Å²) < 4.78 is 27.6. The molecule has 2 aromatic heterocycles. The number of aromatic amines is 1. The summed E-state index contributed by atoms with van der Waals surface area (Å²) in [4.78, 5) is 0.696. The summed E-state index contributed by atoms with van der Waals surface area (Å²) in [6.07, 6.45) is 1.78. The van der Waals surface area contributed by atoms with Crippen LogP contribution >= 0.6 is 0 Å². The average molecular weight is 443 g/mol. The second-order valence-corrected chi connectivity index (χ2v) is 9.64. The van der Waals surface area contributed by atoms with Crippen LogP contribution < -0.4 is 10.5 Å². The summed E-state index contributed by atoms with van der Waals surface area (Å²) in [5, 5.41) is 28.6. The van der Waals surface area contributed by atoms with Gasteiger partial charge in [-0.1, -0.05) is 24.3 Å². The number of hydrogen-bond acceptors (Lipinski definition) is 7. The fourth-order valence-corrected chi connectivity index (χ4v) is 6.23. The van der Waals surface area contributed by atoms with Crippen LogP contribution in [0.25, 0.3) is 33.4 Å². The molecule has 2 unspecified atom stereocenters. The van der Waals surface area contributed by atoms with Crippen molar-refractivity contribution in [1.82, 2.24) is 35.7 Å². The van der Waals surface area contributed by atoms with Crippen LogP contribution in [0.1, 0.15) is 0 Å². The highest BCUT2D eigenvalue weighted by Gasteiger charge is 2.31. The maximum Gasteiger partial charge on any atom is 0.206 e. The summed E-state index contributed by atoms with van der Waals surface area (Å²) in [6, 6.07) is 9.42. The van der Waals surface area contributed by atoms with Gasteiger partial charge in [0.15, 0.2) is 0 Å². The van der Waals surface area contributed by atoms with Crippen LogP contribution in [0, 0.1) is 0 Å². The minimum Gasteiger partial charge on any atom is -0.314 e. The maximum atomic E-state index is 13.1. The van der Waals surface area contributed by atoms with E-state index in [1.54, 1.807) is 16.9 Å². The van der Waals surface area contributed by atoms with E-state index in [1.807, 2.05) is 31.3 Å². The number of hydrogen-bond donors (Lipinski definition) is 3. The highest BCUT2D eigenvalue weighted by atomic mass is 32.2. The molecular formula is C18H18N8O2S2. The molecule has 5 rings (SSSR count). The number of tetrazole rings is 1. The zero-order valence-electron chi connectivity index (χ0n) is 15.9. The van der Waals surface area contributed by atoms with Crippen molar-refractivity contribution in [2.75, 3.05) is 13.1 Å². The molecule has 0 bridgehead atoms. The number of nitrogens with two attached hydrogens (primary N) is 1. The topological polar surface area (TPSA) is 144 Å². The molecule has 4 N–H and O–H groups in total. The molecule has 10 nitrogen and oxygen atoms in total. The van der Waals surface area contributed by atoms with Crippen molar-refractivity contribution in [3.63, 3.8) is 0 Å². The smallest absolute Gasteiger partial charge is 0.206 e. The molecule has 30 heavy (non-hydrogen) atoms. The van der Waals surface area contributed by atoms with Crippen LogP contribution in [0.15, 0.2) is 46.3 Å². The standard InChI is InChI=1S/C18H18N8O2S2/c1-26-16-10(7-21-26)3-2-4-13(16)12-5-6-14(29(27)11-8-20-9-11)17(30(19)28)15(12)18-22-24-25-23-18/h2-7,11,20H,8-9,19H2,1H3,(H,22,23,24,25). The largest absolute Gasteiger partial charge is 0.314 e. The molecule has 1 aliphatic rings. The minimum atomic E-state index is -1.92. The van der Waals surface area contributed by atoms with Gasteiger partial charge in [-0.25, -0.2) is 9.35 Å². The number of rotatable bonds is 5. The van der Waals surface area contributed by atoms with Gasteiger partial charge in [0.1, 0.15) is 11.0 Å². The number of H-pyrrole nitrogens is 1. The molecule has 4 aromatic rings. The van der Waals surface area contributed by atoms with Gasteiger partial charge in [-0.05, 0) is 16.8 Å². The lowest BCUT2D eigenvalue weighted by molar-refractivity contribution is 0.525. The molecule has 154 valence electrons. The second-order valence-electron chi connectivity index (χ2n) is 6.94. The van der Waals surface area contributed by atoms with E-state index in [2.05, 4.69) is 31.0 Å². The lowest BCUT2D eigenvalue weighted by atomic mass is 9.97. The molecule has 0 radical (unpaired) electrons. The Bertz CT molecular complexity index is 1300. The lowest BCUT2D eigenvalue weighted by Gasteiger charge is -2.27. The molecule has 0 aliphatic carbocycles. The van der Waals surface area contributed by atoms with Crippen molar-refractivity contribution in [1.29, 1.82) is 0 Å². The van der Waals surface area contributed by atoms with Gasteiger partial charge in [0.2, 0.25) is 5.82 Å². The minimum absolute atomic E-state index is 0.0585. The van der Waals surface area contributed by atoms with E-state index in [0.29, 0.717) is 29.1 Å². The third-order valence-electron chi connectivity index (χ3n) is 5.21. The predicted octanol–water partition coefficient (Wildman–Crippen LogP) is 0.481. The first-order valence-corrected chi connectivity index (χ1v) is 11.6. The van der Waals surface area contributed by atoms with Gasteiger partial charge >= 0.3 is 0 Å². The summed E-state index contributed by atoms with van der Waals surface area (Å²) in [6.45, 7) is 1.27. The first-order chi connectivity index (χ1) is 14.6. The van der Waals surface area contributed by atoms with Gasteiger partial charge in [-0.15, -0.1) is 10.2 Å². The van der Waals surface area contributed by atoms with E-state index in [9.17, 15) is 8.42 Å². The molecule has 1 aliphatic heterocycles. The van der Waals surface area contributed by atoms with Gasteiger partial charge in [-0.3, -0.25) is 8.89 Å². The Balaban J connectivity index is 1.84. The average Bonchev–Trinajstić information content (AvgIpc) is 3.35. The zero-order valence-corrected chi connectivity index (χ0v) is 17.5. The molecule has 0 amide bonds. The Morgan fingerprint density at radius 2 is 2.00 bits per heavy atom. The highest BCUT2D eigenvalue weighted by molar-refractivity contribution is 7.87. The lowest BCUT2D eigenvalue weighted by Crippen LogP contribution is -2.49. The van der Waals surface area contributed by atoms with E-state index < -0.39 is 21.8 Å². The summed E-state index contributed by atoms with van der Waals surface area (Å²) in [5.74, 6) is 0.239. The normalized spacial score (nSPS) is 16.5. The van der Waals surface area contributed by atoms with Crippen LogP contribution in [0.2, 0.25) is 0 Å². The van der Waals surface area contributed by atoms with Crippen LogP contribution in [0.3, 0.4) is 0 Å². The summed E-state index contributed by atoms with van der Waals surface area (Å²) in [5.41, 5.74) is 2.91. The number of para-hydroxylation sites is 1. The molecule has 0 spiro atoms. The van der Waals surface area contributed by atoms with Crippen molar-refractivity contribution in [3.05, 3.63) is 36.5 Å². The molecular weight excluding hydrogens is 424 g/mol. The Morgan fingerprint density at radius 3 is 2.67 bits per heavy atom. The van der Waals surface area contributed by atoms with Gasteiger partial charge in [0.25, 0.3) is 0 Å². The van der Waals surface area contributed by atoms with Crippen LogP contribution in [0.4, 0.5) is 0 Å². The van der Waals surface area contributed by atoms with E-state index in [0.717, 1.165) is 16.5 Å². The summed E-state index contributed by atoms with van der Waals surface area (Å²) >= 11 is 0. The summed E-state index contributed by atoms with van der Waals surface area (Å²) in [7, 11) is -1.44. The highest BCUT2D eigenvalue weighted by Crippen LogP contribution is 2.40. The molecule has 2 aromatic carbocycles. The van der Waals surface area contributed by atoms with Gasteiger partial charge in [0.05, 0.1) is 37.6 Å². The van der Waals surface area contributed by atoms with Crippen LogP contribution in [0.5, 0.6) is 0 Å². The number of nitrogens with zero attached hydrogens (tertiary/aromatic N) is 5. The van der Waals surface area contributed by atoms with Crippen LogP contribution in [-0.2, 0) is 28.8 Å². The monoisotopic (exact) mass is 442 g/mol. The van der Waals surface area contributed by atoms with Crippen molar-refractivity contribution < 1.29 is 8.42 Å². The molecule has 3 heterocycles. The van der Waals surface area contributed by atoms with Crippen molar-refractivity contribution in [2.45, 2.75) is 15.0 Å². The number of aryl methyl sites for hydroxylation is 1. The molecule has 1 saturated heterocycles. The van der Waals surface area contributed by atoms with E-state index in [1.165, 1.54) is 0 Å². The SMILES string of the molecule is Cn1ncc2cccc(-c3ccc(S(=O)C4CNC4)c(S(N)=O)c3-c3nn[nH]n3)c21. The Labute approximate surface area is 176 Å². The van der Waals surface area contributed by atoms with Crippen molar-refractivity contribution in [3.8, 4) is 22.5 Å². The second kappa shape index (κ2) is 7.47. The van der Waals surface area contributed by atoms with E-state index >= 15 is 0 Å². The van der Waals surface area contributed by atoms with Gasteiger partial charge in [-0.2, -0.15) is 10.3 Å². The zero-order chi connectivity index (χ0) is 20.8. The molecule has 2 atom stereocenters. The first kappa shape index (κ1) is 19.2. The fourth-order valence-electron chi connectivity index (χ4n) is 3.68. The van der Waals surface area contributed by atoms with Gasteiger partial charge in [0, 0.05) is 36.7 Å².